The molecular formula is C50H28. The molecule has 0 heterocycles. The van der Waals surface area contributed by atoms with Gasteiger partial charge in [0.05, 0.1) is 17.8 Å². The molecule has 228 valence electrons. The van der Waals surface area contributed by atoms with Crippen LogP contribution in [0.2, 0.25) is 0 Å². The molecule has 12 aromatic rings. The Bertz CT molecular complexity index is 4080. The van der Waals surface area contributed by atoms with E-state index >= 15 is 0 Å². The molecule has 12 rings (SSSR count). The van der Waals surface area contributed by atoms with Crippen LogP contribution in [0, 0.1) is 0 Å². The van der Waals surface area contributed by atoms with Crippen molar-refractivity contribution in [3.63, 3.8) is 0 Å². The minimum atomic E-state index is -0.688. The van der Waals surface area contributed by atoms with E-state index in [0.717, 1.165) is 64.6 Å². The summed E-state index contributed by atoms with van der Waals surface area (Å²) in [4.78, 5) is 0. The Hall–Kier alpha value is -6.50. The van der Waals surface area contributed by atoms with Crippen LogP contribution >= 0.6 is 0 Å². The fourth-order valence-corrected chi connectivity index (χ4v) is 8.39. The predicted octanol–water partition coefficient (Wildman–Crippen LogP) is 14.3. The highest BCUT2D eigenvalue weighted by molar-refractivity contribution is 6.37. The minimum Gasteiger partial charge on any atom is -0.0622 e. The molecule has 0 amide bonds. The highest BCUT2D eigenvalue weighted by atomic mass is 14.2. The van der Waals surface area contributed by atoms with Gasteiger partial charge in [-0.2, -0.15) is 0 Å². The van der Waals surface area contributed by atoms with E-state index in [9.17, 15) is 11.0 Å². The van der Waals surface area contributed by atoms with Crippen LogP contribution in [0.1, 0.15) is 17.8 Å². The van der Waals surface area contributed by atoms with Crippen LogP contribution in [-0.4, -0.2) is 0 Å². The molecule has 0 aliphatic rings. The first kappa shape index (κ1) is 17.2. The number of benzene rings is 11. The topological polar surface area (TPSA) is 0 Å². The lowest BCUT2D eigenvalue weighted by Gasteiger charge is -2.19. The summed E-state index contributed by atoms with van der Waals surface area (Å²) in [7, 11) is 0. The van der Waals surface area contributed by atoms with Crippen molar-refractivity contribution in [2.24, 2.45) is 0 Å². The fourth-order valence-electron chi connectivity index (χ4n) is 8.39. The van der Waals surface area contributed by atoms with Gasteiger partial charge in [0.1, 0.15) is 0 Å². The summed E-state index contributed by atoms with van der Waals surface area (Å²) in [5, 5.41) is 11.6. The van der Waals surface area contributed by atoms with E-state index in [0.29, 0.717) is 5.56 Å². The van der Waals surface area contributed by atoms with E-state index in [1.165, 1.54) is 0 Å². The molecule has 0 radical (unpaired) electrons. The molecule has 0 N–H and O–H groups in total. The third kappa shape index (κ3) is 3.40. The highest BCUT2D eigenvalue weighted by Crippen LogP contribution is 2.47. The van der Waals surface area contributed by atoms with Gasteiger partial charge in [0.25, 0.3) is 0 Å². The van der Waals surface area contributed by atoms with Crippen molar-refractivity contribution in [3.8, 4) is 22.3 Å². The third-order valence-corrected chi connectivity index (χ3v) is 10.5. The van der Waals surface area contributed by atoms with Gasteiger partial charge in [0, 0.05) is 0 Å². The van der Waals surface area contributed by atoms with Crippen LogP contribution < -0.4 is 0 Å². The maximum absolute atomic E-state index is 9.67. The lowest BCUT2D eigenvalue weighted by Crippen LogP contribution is -1.91. The summed E-state index contributed by atoms with van der Waals surface area (Å²) < 4.78 is 118. The molecule has 0 bridgehead atoms. The highest BCUT2D eigenvalue weighted by Gasteiger charge is 2.19. The first-order chi connectivity index (χ1) is 30.2. The van der Waals surface area contributed by atoms with Crippen molar-refractivity contribution >= 4 is 97.0 Å². The lowest BCUT2D eigenvalue weighted by molar-refractivity contribution is 1.66. The molecular weight excluding hydrogens is 601 g/mol. The molecule has 12 aromatic carbocycles. The molecule has 0 spiro atoms. The van der Waals surface area contributed by atoms with Crippen LogP contribution in [0.4, 0.5) is 0 Å². The molecule has 0 atom stereocenters. The van der Waals surface area contributed by atoms with Crippen LogP contribution in [-0.2, 0) is 0 Å². The van der Waals surface area contributed by atoms with E-state index in [-0.39, 0.29) is 49.5 Å². The monoisotopic (exact) mass is 641 g/mol. The summed E-state index contributed by atoms with van der Waals surface area (Å²) in [5.41, 5.74) is -0.184. The quantitative estimate of drug-likeness (QED) is 0.165. The Labute approximate surface area is 306 Å². The van der Waals surface area contributed by atoms with Gasteiger partial charge in [-0.15, -0.1) is 0 Å². The molecule has 0 heteroatoms. The third-order valence-electron chi connectivity index (χ3n) is 10.5. The standard InChI is InChI=1S/C50H28/c1-2-7-29(8-3-1)37-23-19-33-22-26-43-38(24-20-34-21-25-42(37)48(33)49(34)43)36-27-35-18-17-32-10-5-13-40-39-12-4-9-30-15-16-31-11-6-14-41(47(31)45(30)39)44(28-36)50(35)46(32)40/h1-28H/i1D,2D,3D,7D,8D,19D,20D,21D,22D,23D,24D,25D,26D. The van der Waals surface area contributed by atoms with Crippen molar-refractivity contribution < 1.29 is 17.8 Å². The Morgan fingerprint density at radius 2 is 0.720 bits per heavy atom. The first-order valence-electron chi connectivity index (χ1n) is 23.0. The van der Waals surface area contributed by atoms with Crippen molar-refractivity contribution in [3.05, 3.63) is 170 Å². The zero-order chi connectivity index (χ0) is 43.8. The Balaban J connectivity index is 1.32. The average Bonchev–Trinajstić information content (AvgIpc) is 3.28. The zero-order valence-corrected chi connectivity index (χ0v) is 26.2. The average molecular weight is 642 g/mol. The van der Waals surface area contributed by atoms with E-state index in [1.807, 2.05) is 24.3 Å². The maximum Gasteiger partial charge on any atom is 0.0630 e. The van der Waals surface area contributed by atoms with Gasteiger partial charge in [0.2, 0.25) is 0 Å². The van der Waals surface area contributed by atoms with E-state index in [1.54, 1.807) is 0 Å². The summed E-state index contributed by atoms with van der Waals surface area (Å²) >= 11 is 0. The Morgan fingerprint density at radius 1 is 0.280 bits per heavy atom. The SMILES string of the molecule is [2H]c1c([2H])c([2H])c(-c2c([2H])c([2H])c3c([2H])c([2H])c4c(-c5cc6ccc7cccc8c9cccc%10ccc%11cccc(c(c5)c6c78)c%11c%109)c([2H])c([2H])c5c([2H])c([2H])c2c3c54)c([2H])c1[2H]. The van der Waals surface area contributed by atoms with E-state index in [4.69, 9.17) is 6.85 Å². The molecule has 0 aliphatic heterocycles. The number of fused-ring (bicyclic) bond motifs is 2. The number of hydrogen-bond donors (Lipinski definition) is 0. The lowest BCUT2D eigenvalue weighted by atomic mass is 9.85. The first-order valence-corrected chi connectivity index (χ1v) is 16.5. The molecule has 0 nitrogen and oxygen atoms in total. The maximum atomic E-state index is 9.67. The Morgan fingerprint density at radius 3 is 1.28 bits per heavy atom. The van der Waals surface area contributed by atoms with Gasteiger partial charge in [-0.05, 0) is 131 Å². The molecule has 50 heavy (non-hydrogen) atoms. The van der Waals surface area contributed by atoms with Crippen LogP contribution in [0.15, 0.2) is 170 Å². The van der Waals surface area contributed by atoms with Gasteiger partial charge in [-0.25, -0.2) is 0 Å². The fraction of sp³-hybridized carbons (Fsp3) is 0. The summed E-state index contributed by atoms with van der Waals surface area (Å²) in [6.45, 7) is 0. The van der Waals surface area contributed by atoms with E-state index in [2.05, 4.69) is 66.7 Å². The molecule has 0 saturated carbocycles. The molecule has 0 fully saturated rings. The van der Waals surface area contributed by atoms with Gasteiger partial charge in [-0.1, -0.05) is 157 Å². The summed E-state index contributed by atoms with van der Waals surface area (Å²) in [5.74, 6) is 0. The molecule has 0 aliphatic carbocycles. The second-order valence-corrected chi connectivity index (χ2v) is 13.0. The number of hydrogen-bond acceptors (Lipinski definition) is 0. The van der Waals surface area contributed by atoms with Crippen LogP contribution in [0.25, 0.3) is 119 Å². The van der Waals surface area contributed by atoms with E-state index < -0.39 is 78.1 Å². The van der Waals surface area contributed by atoms with Crippen LogP contribution in [0.5, 0.6) is 0 Å². The smallest absolute Gasteiger partial charge is 0.0622 e. The summed E-state index contributed by atoms with van der Waals surface area (Å²) in [6, 6.07) is 23.7. The van der Waals surface area contributed by atoms with Crippen molar-refractivity contribution in [2.45, 2.75) is 0 Å². The van der Waals surface area contributed by atoms with Gasteiger partial charge < -0.3 is 0 Å². The Kier molecular flexibility index (Phi) is 3.30. The second kappa shape index (κ2) is 9.56. The normalized spacial score (nSPS) is 16.0. The van der Waals surface area contributed by atoms with Crippen molar-refractivity contribution in [1.29, 1.82) is 0 Å². The van der Waals surface area contributed by atoms with Crippen molar-refractivity contribution in [2.75, 3.05) is 0 Å². The van der Waals surface area contributed by atoms with Gasteiger partial charge in [-0.3, -0.25) is 0 Å². The molecule has 0 saturated heterocycles. The molecule has 0 aromatic heterocycles. The van der Waals surface area contributed by atoms with Gasteiger partial charge in [0.15, 0.2) is 0 Å². The van der Waals surface area contributed by atoms with Crippen molar-refractivity contribution in [1.82, 2.24) is 0 Å². The summed E-state index contributed by atoms with van der Waals surface area (Å²) in [6.07, 6.45) is 0. The zero-order valence-electron chi connectivity index (χ0n) is 39.2. The second-order valence-electron chi connectivity index (χ2n) is 13.0. The van der Waals surface area contributed by atoms with Crippen LogP contribution in [0.3, 0.4) is 0 Å². The predicted molar refractivity (Wildman–Crippen MR) is 217 cm³/mol. The van der Waals surface area contributed by atoms with Gasteiger partial charge >= 0.3 is 0 Å². The minimum absolute atomic E-state index is 0.0151. The number of rotatable bonds is 2. The molecule has 0 unspecified atom stereocenters. The largest absolute Gasteiger partial charge is 0.0630 e.